The molecule has 6 atom stereocenters. The Morgan fingerprint density at radius 3 is 1.29 bits per heavy atom. The first kappa shape index (κ1) is 72.2. The van der Waals surface area contributed by atoms with Gasteiger partial charge >= 0.3 is 0 Å². The molecule has 5 fully saturated rings. The molecule has 4 aromatic heterocycles. The Kier molecular flexibility index (Phi) is 21.5. The van der Waals surface area contributed by atoms with E-state index in [1.807, 2.05) is 64.1 Å². The Balaban J connectivity index is 0.000000188. The number of ether oxygens (including phenoxy) is 4. The lowest BCUT2D eigenvalue weighted by molar-refractivity contribution is -0.141. The first-order valence-corrected chi connectivity index (χ1v) is 35.7. The number of piperidine rings is 2. The molecule has 6 aromatic rings. The van der Waals surface area contributed by atoms with Gasteiger partial charge in [-0.1, -0.05) is 87.4 Å². The molecule has 2 aromatic carbocycles. The van der Waals surface area contributed by atoms with Gasteiger partial charge in [-0.25, -0.2) is 46.3 Å². The third kappa shape index (κ3) is 16.8. The molecule has 0 bridgehead atoms. The van der Waals surface area contributed by atoms with Crippen LogP contribution < -0.4 is 19.3 Å². The highest BCUT2D eigenvalue weighted by Crippen LogP contribution is 2.55. The van der Waals surface area contributed by atoms with E-state index in [0.717, 1.165) is 28.1 Å². The highest BCUT2D eigenvalue weighted by Gasteiger charge is 2.47. The highest BCUT2D eigenvalue weighted by molar-refractivity contribution is 5.53. The minimum absolute atomic E-state index is 0.0586. The molecule has 99 heavy (non-hydrogen) atoms. The van der Waals surface area contributed by atoms with E-state index >= 15 is 8.78 Å². The largest absolute Gasteiger partial charge is 0.488 e. The lowest BCUT2D eigenvalue weighted by Crippen LogP contribution is -2.36. The van der Waals surface area contributed by atoms with Crippen molar-refractivity contribution in [2.45, 2.75) is 236 Å². The number of hydrogen-bond donors (Lipinski definition) is 4. The normalized spacial score (nSPS) is 24.0. The van der Waals surface area contributed by atoms with Crippen LogP contribution in [0.4, 0.5) is 38.2 Å². The zero-order chi connectivity index (χ0) is 70.3. The van der Waals surface area contributed by atoms with Gasteiger partial charge in [0, 0.05) is 97.3 Å². The Labute approximate surface area is 577 Å². The molecular weight excluding hydrogens is 1280 g/mol. The summed E-state index contributed by atoms with van der Waals surface area (Å²) >= 11 is 0. The zero-order valence-corrected chi connectivity index (χ0v) is 58.4. The number of nitrogens with zero attached hydrogens (tertiary/aromatic N) is 8. The molecule has 7 aliphatic rings. The van der Waals surface area contributed by atoms with E-state index < -0.39 is 54.9 Å². The summed E-state index contributed by atoms with van der Waals surface area (Å²) in [5.74, 6) is -4.74. The third-order valence-electron chi connectivity index (χ3n) is 21.5. The van der Waals surface area contributed by atoms with Crippen molar-refractivity contribution in [3.63, 3.8) is 0 Å². The molecule has 4 aliphatic carbocycles. The number of aliphatic hydroxyl groups excluding tert-OH is 4. The van der Waals surface area contributed by atoms with Crippen LogP contribution in [0.2, 0.25) is 0 Å². The van der Waals surface area contributed by atoms with Gasteiger partial charge in [0.2, 0.25) is 23.7 Å². The fraction of sp³-hybridized carbons (Fsp3) is 0.610. The maximum Gasteiger partial charge on any atom is 0.248 e. The number of alkyl halides is 6. The lowest BCUT2D eigenvalue weighted by Gasteiger charge is -2.41. The molecule has 13 rings (SSSR count). The van der Waals surface area contributed by atoms with Crippen LogP contribution in [0, 0.1) is 24.7 Å². The third-order valence-corrected chi connectivity index (χ3v) is 21.5. The van der Waals surface area contributed by atoms with Crippen molar-refractivity contribution >= 4 is 11.9 Å². The maximum atomic E-state index is 17.3. The predicted octanol–water partition coefficient (Wildman–Crippen LogP) is 15.1. The molecule has 5 unspecified atom stereocenters. The molecular formula is C77H98F6N8O8. The van der Waals surface area contributed by atoms with Crippen molar-refractivity contribution in [3.8, 4) is 11.5 Å². The van der Waals surface area contributed by atoms with Crippen molar-refractivity contribution in [1.29, 1.82) is 0 Å². The number of anilines is 2. The van der Waals surface area contributed by atoms with Gasteiger partial charge in [0.05, 0.1) is 61.6 Å². The van der Waals surface area contributed by atoms with E-state index in [1.54, 1.807) is 24.5 Å². The van der Waals surface area contributed by atoms with Crippen molar-refractivity contribution in [3.05, 3.63) is 152 Å². The molecule has 536 valence electrons. The summed E-state index contributed by atoms with van der Waals surface area (Å²) in [6.07, 6.45) is 5.55. The highest BCUT2D eigenvalue weighted by atomic mass is 19.3. The first-order valence-electron chi connectivity index (χ1n) is 35.7. The van der Waals surface area contributed by atoms with Gasteiger partial charge in [0.1, 0.15) is 25.4 Å². The summed E-state index contributed by atoms with van der Waals surface area (Å²) < 4.78 is 115. The van der Waals surface area contributed by atoms with E-state index in [1.165, 1.54) is 12.4 Å². The SMILES string of the molecule is Cc1ccc(C(F)c2c(C3CCN(c4ncc(OCC5COC(C)(C)O5)cn4)CC3)nc3c(c2C2CCC(F)(F)CC2)C(O)CC(C)(C)C3)cc1.Cc1ccc(C(F)c2c(C3CCN(c4ncc(OC[C@@H](O)CO)cn4)CC3)nc3c(c2C2CCC(F)(F)CC2)C(O)CC(C)(C)C3)cc1. The van der Waals surface area contributed by atoms with E-state index in [0.29, 0.717) is 164 Å². The fourth-order valence-electron chi connectivity index (χ4n) is 16.3. The predicted molar refractivity (Wildman–Crippen MR) is 365 cm³/mol. The molecule has 0 spiro atoms. The van der Waals surface area contributed by atoms with E-state index in [9.17, 15) is 32.9 Å². The Morgan fingerprint density at radius 2 is 0.929 bits per heavy atom. The van der Waals surface area contributed by atoms with Gasteiger partial charge in [-0.05, 0) is 150 Å². The van der Waals surface area contributed by atoms with E-state index in [2.05, 4.69) is 57.4 Å². The number of halogens is 6. The molecule has 0 radical (unpaired) electrons. The Morgan fingerprint density at radius 1 is 0.545 bits per heavy atom. The van der Waals surface area contributed by atoms with Crippen LogP contribution in [0.3, 0.4) is 0 Å². The van der Waals surface area contributed by atoms with Crippen molar-refractivity contribution in [1.82, 2.24) is 29.9 Å². The van der Waals surface area contributed by atoms with Crippen LogP contribution in [-0.2, 0) is 22.3 Å². The summed E-state index contributed by atoms with van der Waals surface area (Å²) in [7, 11) is 0. The van der Waals surface area contributed by atoms with E-state index in [-0.39, 0.29) is 98.6 Å². The number of aryl methyl sites for hydroxylation is 2. The number of hydrogen-bond acceptors (Lipinski definition) is 16. The summed E-state index contributed by atoms with van der Waals surface area (Å²) in [5, 5.41) is 41.8. The second kappa shape index (κ2) is 29.4. The second-order valence-corrected chi connectivity index (χ2v) is 31.2. The Hall–Kier alpha value is -6.56. The van der Waals surface area contributed by atoms with Crippen LogP contribution in [0.1, 0.15) is 258 Å². The lowest BCUT2D eigenvalue weighted by atomic mass is 9.68. The van der Waals surface area contributed by atoms with Gasteiger partial charge in [-0.3, -0.25) is 9.97 Å². The molecule has 22 heteroatoms. The van der Waals surface area contributed by atoms with Crippen molar-refractivity contribution < 1.29 is 65.7 Å². The van der Waals surface area contributed by atoms with Gasteiger partial charge < -0.3 is 49.2 Å². The number of fused-ring (bicyclic) bond motifs is 2. The van der Waals surface area contributed by atoms with Gasteiger partial charge in [-0.15, -0.1) is 0 Å². The van der Waals surface area contributed by atoms with Crippen molar-refractivity contribution in [2.24, 2.45) is 10.8 Å². The number of aliphatic hydroxyl groups is 4. The topological polar surface area (TPSA) is 202 Å². The standard InChI is InChI=1S/C40H51F3N4O4.C37H47F3N4O4/c1-24-6-8-26(9-7-24)35(41)34-32(25-10-14-40(42,43)15-11-25)33-30(18-38(2,3)19-31(33)48)46-36(34)27-12-16-47(17-13-27)37-44-20-28(21-45-37)49-22-29-23-50-39(4,5)51-29;1-22-4-6-24(7-5-22)33(38)32-30(23-8-12-37(39,40)13-9-23)31-28(16-36(2,3)17-29(31)47)43-34(32)25-10-14-44(15-11-25)35-41-18-27(19-42-35)48-21-26(46)20-45/h6-9,20-21,25,27,29,31,35,48H,10-19,22-23H2,1-5H3;4-7,18-19,23,25-26,29,33,45-47H,8-17,20-21H2,1-3H3/t;26-,29?,33?/m.0/s1. The molecule has 16 nitrogen and oxygen atoms in total. The Bertz CT molecular complexity index is 3720. The van der Waals surface area contributed by atoms with Crippen LogP contribution in [-0.4, -0.2) is 133 Å². The summed E-state index contributed by atoms with van der Waals surface area (Å²) in [4.78, 5) is 32.8. The minimum Gasteiger partial charge on any atom is -0.488 e. The van der Waals surface area contributed by atoms with Gasteiger partial charge in [0.15, 0.2) is 29.6 Å². The maximum absolute atomic E-state index is 17.3. The second-order valence-electron chi connectivity index (χ2n) is 31.2. The molecule has 2 saturated carbocycles. The number of aromatic nitrogens is 6. The molecule has 7 heterocycles. The summed E-state index contributed by atoms with van der Waals surface area (Å²) in [6, 6.07) is 14.8. The molecule has 4 N–H and O–H groups in total. The molecule has 3 saturated heterocycles. The monoisotopic (exact) mass is 1380 g/mol. The van der Waals surface area contributed by atoms with Crippen LogP contribution in [0.25, 0.3) is 0 Å². The first-order chi connectivity index (χ1) is 47.0. The van der Waals surface area contributed by atoms with Crippen LogP contribution in [0.5, 0.6) is 11.5 Å². The van der Waals surface area contributed by atoms with E-state index in [4.69, 9.17) is 34.0 Å². The zero-order valence-electron chi connectivity index (χ0n) is 58.4. The molecule has 3 aliphatic heterocycles. The van der Waals surface area contributed by atoms with Gasteiger partial charge in [0.25, 0.3) is 0 Å². The van der Waals surface area contributed by atoms with Crippen molar-refractivity contribution in [2.75, 3.05) is 62.4 Å². The summed E-state index contributed by atoms with van der Waals surface area (Å²) in [5.41, 5.74) is 9.35. The fourth-order valence-corrected chi connectivity index (χ4v) is 16.3. The average Bonchev–Trinajstić information content (AvgIpc) is 0.902. The van der Waals surface area contributed by atoms with Crippen LogP contribution >= 0.6 is 0 Å². The number of rotatable bonds is 17. The van der Waals surface area contributed by atoms with Gasteiger partial charge in [-0.2, -0.15) is 0 Å². The smallest absolute Gasteiger partial charge is 0.248 e. The minimum atomic E-state index is -2.74. The molecule has 0 amide bonds. The quantitative estimate of drug-likeness (QED) is 0.0628. The number of pyridine rings is 2. The average molecular weight is 1380 g/mol. The van der Waals surface area contributed by atoms with Crippen LogP contribution in [0.15, 0.2) is 73.3 Å². The number of benzene rings is 2. The summed E-state index contributed by atoms with van der Waals surface area (Å²) in [6.45, 7) is 18.9.